The molecule has 4 heteroatoms. The maximum Gasteiger partial charge on any atom is 0.334 e. The number of fused-ring (bicyclic) bond motifs is 2. The van der Waals surface area contributed by atoms with Crippen LogP contribution in [0.1, 0.15) is 18.9 Å². The lowest BCUT2D eigenvalue weighted by Gasteiger charge is -2.37. The molecule has 160 valence electrons. The second-order valence-electron chi connectivity index (χ2n) is 7.87. The van der Waals surface area contributed by atoms with Gasteiger partial charge in [0.1, 0.15) is 6.61 Å². The maximum absolute atomic E-state index is 12.8. The molecule has 1 aliphatic carbocycles. The van der Waals surface area contributed by atoms with Gasteiger partial charge in [0.05, 0.1) is 0 Å². The Morgan fingerprint density at radius 3 is 2.53 bits per heavy atom. The van der Waals surface area contributed by atoms with Crippen molar-refractivity contribution in [1.29, 1.82) is 0 Å². The summed E-state index contributed by atoms with van der Waals surface area (Å²) in [5.41, 5.74) is 0.787. The van der Waals surface area contributed by atoms with Crippen LogP contribution in [0.2, 0.25) is 0 Å². The summed E-state index contributed by atoms with van der Waals surface area (Å²) < 4.78 is 11.6. The van der Waals surface area contributed by atoms with Gasteiger partial charge < -0.3 is 9.47 Å². The fraction of sp³-hybridized carbons (Fsp3) is 0.143. The van der Waals surface area contributed by atoms with Crippen molar-refractivity contribution in [2.75, 3.05) is 6.61 Å². The summed E-state index contributed by atoms with van der Waals surface area (Å²) >= 11 is 0. The molecule has 3 aromatic rings. The van der Waals surface area contributed by atoms with Crippen LogP contribution in [0.25, 0.3) is 22.4 Å². The number of ether oxygens (including phenoxy) is 2. The smallest absolute Gasteiger partial charge is 0.334 e. The fourth-order valence-electron chi connectivity index (χ4n) is 4.12. The number of hydrogen-bond acceptors (Lipinski definition) is 4. The van der Waals surface area contributed by atoms with E-state index < -0.39 is 17.5 Å². The van der Waals surface area contributed by atoms with Gasteiger partial charge in [-0.25, -0.2) is 9.59 Å². The van der Waals surface area contributed by atoms with Crippen LogP contribution in [0.15, 0.2) is 91.5 Å². The van der Waals surface area contributed by atoms with Gasteiger partial charge in [0.2, 0.25) is 0 Å². The number of rotatable bonds is 6. The van der Waals surface area contributed by atoms with E-state index in [1.54, 1.807) is 6.92 Å². The fourth-order valence-corrected chi connectivity index (χ4v) is 4.12. The SMILES string of the molecule is C=CC(=O)OCC1(OC(=O)C(=C)C)CC=c2ccccc2=C1c1cccc2ccccc12. The second kappa shape index (κ2) is 8.67. The first kappa shape index (κ1) is 21.3. The lowest BCUT2D eigenvalue weighted by Crippen LogP contribution is -2.49. The Hall–Kier alpha value is -3.92. The molecule has 3 aromatic carbocycles. The van der Waals surface area contributed by atoms with Gasteiger partial charge in [0.25, 0.3) is 0 Å². The molecular weight excluding hydrogens is 400 g/mol. The van der Waals surface area contributed by atoms with Crippen LogP contribution < -0.4 is 10.4 Å². The zero-order valence-electron chi connectivity index (χ0n) is 18.0. The largest absolute Gasteiger partial charge is 0.458 e. The molecule has 32 heavy (non-hydrogen) atoms. The Kier molecular flexibility index (Phi) is 5.78. The van der Waals surface area contributed by atoms with Crippen LogP contribution in [0.4, 0.5) is 0 Å². The molecule has 0 amide bonds. The molecule has 0 heterocycles. The lowest BCUT2D eigenvalue weighted by molar-refractivity contribution is -0.159. The molecule has 1 unspecified atom stereocenters. The van der Waals surface area contributed by atoms with E-state index in [0.29, 0.717) is 6.42 Å². The van der Waals surface area contributed by atoms with E-state index in [2.05, 4.69) is 13.2 Å². The summed E-state index contributed by atoms with van der Waals surface area (Å²) in [4.78, 5) is 24.8. The lowest BCUT2D eigenvalue weighted by atomic mass is 9.79. The molecule has 0 aliphatic heterocycles. The van der Waals surface area contributed by atoms with Crippen LogP contribution in [0.3, 0.4) is 0 Å². The number of carbonyl (C=O) groups is 2. The van der Waals surface area contributed by atoms with Gasteiger partial charge in [-0.2, -0.15) is 0 Å². The first-order valence-electron chi connectivity index (χ1n) is 10.4. The Morgan fingerprint density at radius 1 is 1.03 bits per heavy atom. The van der Waals surface area contributed by atoms with Gasteiger partial charge in [-0.05, 0) is 33.7 Å². The molecule has 0 saturated carbocycles. The molecule has 0 bridgehead atoms. The monoisotopic (exact) mass is 424 g/mol. The van der Waals surface area contributed by atoms with Gasteiger partial charge >= 0.3 is 11.9 Å². The topological polar surface area (TPSA) is 52.6 Å². The van der Waals surface area contributed by atoms with Crippen molar-refractivity contribution in [2.24, 2.45) is 0 Å². The summed E-state index contributed by atoms with van der Waals surface area (Å²) in [5.74, 6) is -1.11. The van der Waals surface area contributed by atoms with Crippen LogP contribution >= 0.6 is 0 Å². The predicted molar refractivity (Wildman–Crippen MR) is 126 cm³/mol. The summed E-state index contributed by atoms with van der Waals surface area (Å²) in [7, 11) is 0. The molecule has 0 saturated heterocycles. The minimum Gasteiger partial charge on any atom is -0.458 e. The third-order valence-electron chi connectivity index (χ3n) is 5.65. The summed E-state index contributed by atoms with van der Waals surface area (Å²) in [5, 5.41) is 4.05. The number of hydrogen-bond donors (Lipinski definition) is 0. The molecule has 0 N–H and O–H groups in total. The van der Waals surface area contributed by atoms with Gasteiger partial charge in [-0.15, -0.1) is 0 Å². The zero-order chi connectivity index (χ0) is 22.7. The zero-order valence-corrected chi connectivity index (χ0v) is 18.0. The van der Waals surface area contributed by atoms with Crippen molar-refractivity contribution < 1.29 is 19.1 Å². The third-order valence-corrected chi connectivity index (χ3v) is 5.65. The van der Waals surface area contributed by atoms with Gasteiger partial charge in [-0.3, -0.25) is 0 Å². The van der Waals surface area contributed by atoms with Crippen molar-refractivity contribution in [1.82, 2.24) is 0 Å². The minimum atomic E-state index is -1.22. The second-order valence-corrected chi connectivity index (χ2v) is 7.87. The molecule has 0 fully saturated rings. The van der Waals surface area contributed by atoms with Crippen molar-refractivity contribution in [3.05, 3.63) is 108 Å². The van der Waals surface area contributed by atoms with E-state index in [4.69, 9.17) is 9.47 Å². The predicted octanol–water partition coefficient (Wildman–Crippen LogP) is 3.81. The molecule has 0 aromatic heterocycles. The summed E-state index contributed by atoms with van der Waals surface area (Å²) in [6.45, 7) is 8.68. The molecular formula is C28H24O4. The standard InChI is InChI=1S/C28H24O4/c1-4-25(29)31-18-28(32-27(30)19(2)3)17-16-21-11-6-8-14-23(21)26(28)24-15-9-12-20-10-5-7-13-22(20)24/h4-16H,1-2,17-18H2,3H3. The molecule has 4 rings (SSSR count). The third kappa shape index (κ3) is 3.87. The number of esters is 2. The van der Waals surface area contributed by atoms with Crippen LogP contribution in [0, 0.1) is 0 Å². The van der Waals surface area contributed by atoms with E-state index in [0.717, 1.165) is 38.4 Å². The molecule has 0 radical (unpaired) electrons. The summed E-state index contributed by atoms with van der Waals surface area (Å²) in [6, 6.07) is 22.0. The highest BCUT2D eigenvalue weighted by Crippen LogP contribution is 2.37. The highest BCUT2D eigenvalue weighted by atomic mass is 16.6. The molecule has 1 aliphatic rings. The number of carbonyl (C=O) groups excluding carboxylic acids is 2. The van der Waals surface area contributed by atoms with E-state index in [9.17, 15) is 9.59 Å². The Bertz CT molecular complexity index is 1360. The van der Waals surface area contributed by atoms with Crippen molar-refractivity contribution in [2.45, 2.75) is 18.9 Å². The minimum absolute atomic E-state index is 0.139. The van der Waals surface area contributed by atoms with Crippen molar-refractivity contribution >= 4 is 34.4 Å². The van der Waals surface area contributed by atoms with Gasteiger partial charge in [0, 0.05) is 23.6 Å². The van der Waals surface area contributed by atoms with E-state index in [1.807, 2.05) is 72.8 Å². The average molecular weight is 424 g/mol. The molecule has 0 spiro atoms. The Labute approximate surface area is 186 Å². The Balaban J connectivity index is 2.05. The van der Waals surface area contributed by atoms with Crippen molar-refractivity contribution in [3.63, 3.8) is 0 Å². The number of benzene rings is 3. The normalized spacial score (nSPS) is 17.1. The first-order chi connectivity index (χ1) is 15.4. The summed E-state index contributed by atoms with van der Waals surface area (Å²) in [6.07, 6.45) is 3.47. The van der Waals surface area contributed by atoms with Crippen LogP contribution in [-0.2, 0) is 19.1 Å². The Morgan fingerprint density at radius 2 is 1.75 bits per heavy atom. The van der Waals surface area contributed by atoms with Gasteiger partial charge in [-0.1, -0.05) is 86.0 Å². The van der Waals surface area contributed by atoms with Crippen molar-refractivity contribution in [3.8, 4) is 0 Å². The van der Waals surface area contributed by atoms with E-state index in [-0.39, 0.29) is 12.2 Å². The molecule has 1 atom stereocenters. The quantitative estimate of drug-likeness (QED) is 0.446. The van der Waals surface area contributed by atoms with E-state index >= 15 is 0 Å². The first-order valence-corrected chi connectivity index (χ1v) is 10.4. The van der Waals surface area contributed by atoms with E-state index in [1.165, 1.54) is 0 Å². The van der Waals surface area contributed by atoms with Crippen LogP contribution in [-0.4, -0.2) is 24.1 Å². The molecule has 4 nitrogen and oxygen atoms in total. The highest BCUT2D eigenvalue weighted by Gasteiger charge is 2.42. The average Bonchev–Trinajstić information content (AvgIpc) is 2.82. The van der Waals surface area contributed by atoms with Gasteiger partial charge in [0.15, 0.2) is 5.60 Å². The van der Waals surface area contributed by atoms with Crippen LogP contribution in [0.5, 0.6) is 0 Å². The highest BCUT2D eigenvalue weighted by molar-refractivity contribution is 5.97. The maximum atomic E-state index is 12.8.